The second-order valence-corrected chi connectivity index (χ2v) is 8.87. The quantitative estimate of drug-likeness (QED) is 0.433. The van der Waals surface area contributed by atoms with Crippen LogP contribution in [0.25, 0.3) is 10.6 Å². The maximum Gasteiger partial charge on any atom is 0.358 e. The molecule has 0 aliphatic rings. The zero-order valence-corrected chi connectivity index (χ0v) is 19.8. The van der Waals surface area contributed by atoms with Crippen molar-refractivity contribution in [2.24, 2.45) is 0 Å². The fourth-order valence-corrected chi connectivity index (χ4v) is 4.10. The molecule has 0 atom stereocenters. The molecule has 0 fully saturated rings. The number of anilines is 1. The number of carbonyl (C=O) groups is 2. The van der Waals surface area contributed by atoms with E-state index in [-0.39, 0.29) is 30.0 Å². The average molecular weight is 453 g/mol. The van der Waals surface area contributed by atoms with Crippen LogP contribution in [0.1, 0.15) is 61.1 Å². The summed E-state index contributed by atoms with van der Waals surface area (Å²) in [4.78, 5) is 29.3. The lowest BCUT2D eigenvalue weighted by Gasteiger charge is -2.20. The molecule has 6 nitrogen and oxygen atoms in total. The number of amides is 1. The van der Waals surface area contributed by atoms with Crippen molar-refractivity contribution in [1.29, 1.82) is 0 Å². The number of carbonyl (C=O) groups excluding carboxylic acids is 2. The minimum absolute atomic E-state index is 0.180. The van der Waals surface area contributed by atoms with Gasteiger partial charge in [0.1, 0.15) is 10.8 Å². The van der Waals surface area contributed by atoms with E-state index in [0.29, 0.717) is 5.01 Å². The first-order valence-corrected chi connectivity index (χ1v) is 11.4. The molecule has 0 unspecified atom stereocenters. The summed E-state index contributed by atoms with van der Waals surface area (Å²) in [5.74, 6) is 0.239. The third-order valence-electron chi connectivity index (χ3n) is 5.02. The van der Waals surface area contributed by atoms with Gasteiger partial charge in [0.2, 0.25) is 0 Å². The highest BCUT2D eigenvalue weighted by molar-refractivity contribution is 7.13. The number of nitrogens with one attached hydrogen (secondary N) is 1. The fraction of sp³-hybridized carbons (Fsp3) is 0.320. The minimum Gasteiger partial charge on any atom is -0.497 e. The Labute approximate surface area is 192 Å². The van der Waals surface area contributed by atoms with Crippen molar-refractivity contribution in [3.05, 3.63) is 64.7 Å². The van der Waals surface area contributed by atoms with Gasteiger partial charge in [0, 0.05) is 16.6 Å². The lowest BCUT2D eigenvalue weighted by atomic mass is 9.92. The molecule has 3 aromatic rings. The molecule has 0 aliphatic carbocycles. The summed E-state index contributed by atoms with van der Waals surface area (Å²) >= 11 is 1.34. The molecule has 7 heteroatoms. The van der Waals surface area contributed by atoms with E-state index in [0.717, 1.165) is 28.1 Å². The molecule has 1 N–H and O–H groups in total. The van der Waals surface area contributed by atoms with E-state index in [2.05, 4.69) is 38.0 Å². The van der Waals surface area contributed by atoms with Gasteiger partial charge in [0.05, 0.1) is 7.11 Å². The third kappa shape index (κ3) is 5.53. The van der Waals surface area contributed by atoms with Crippen LogP contribution < -0.4 is 10.1 Å². The van der Waals surface area contributed by atoms with Gasteiger partial charge in [0.25, 0.3) is 5.91 Å². The van der Waals surface area contributed by atoms with Crippen molar-refractivity contribution in [3.8, 4) is 16.3 Å². The molecule has 3 rings (SSSR count). The van der Waals surface area contributed by atoms with Gasteiger partial charge in [-0.3, -0.25) is 4.79 Å². The number of ether oxygens (including phenoxy) is 2. The Morgan fingerprint density at radius 3 is 2.19 bits per heavy atom. The van der Waals surface area contributed by atoms with Gasteiger partial charge >= 0.3 is 5.97 Å². The Morgan fingerprint density at radius 2 is 1.62 bits per heavy atom. The summed E-state index contributed by atoms with van der Waals surface area (Å²) < 4.78 is 10.4. The van der Waals surface area contributed by atoms with E-state index in [1.54, 1.807) is 12.5 Å². The number of hydrogen-bond acceptors (Lipinski definition) is 6. The van der Waals surface area contributed by atoms with Gasteiger partial charge < -0.3 is 14.8 Å². The lowest BCUT2D eigenvalue weighted by Crippen LogP contribution is -2.22. The predicted octanol–water partition coefficient (Wildman–Crippen LogP) is 5.86. The number of benzene rings is 2. The van der Waals surface area contributed by atoms with Crippen LogP contribution in [0.2, 0.25) is 0 Å². The number of aromatic nitrogens is 1. The van der Waals surface area contributed by atoms with Crippen LogP contribution in [0.3, 0.4) is 0 Å². The van der Waals surface area contributed by atoms with Crippen molar-refractivity contribution in [1.82, 2.24) is 4.98 Å². The molecule has 1 amide bonds. The van der Waals surface area contributed by atoms with Crippen LogP contribution in [0.15, 0.2) is 47.8 Å². The molecule has 0 saturated heterocycles. The molecule has 0 spiro atoms. The van der Waals surface area contributed by atoms with Gasteiger partial charge in [-0.15, -0.1) is 11.3 Å². The van der Waals surface area contributed by atoms with E-state index >= 15 is 0 Å². The number of methoxy groups -OCH3 is 1. The number of para-hydroxylation sites is 1. The molecule has 168 valence electrons. The van der Waals surface area contributed by atoms with Gasteiger partial charge in [-0.1, -0.05) is 45.9 Å². The highest BCUT2D eigenvalue weighted by atomic mass is 32.1. The largest absolute Gasteiger partial charge is 0.497 e. The van der Waals surface area contributed by atoms with Crippen molar-refractivity contribution in [3.63, 3.8) is 0 Å². The molecule has 0 radical (unpaired) electrons. The topological polar surface area (TPSA) is 77.5 Å². The summed E-state index contributed by atoms with van der Waals surface area (Å²) in [6.07, 6.45) is 0. The minimum atomic E-state index is -0.627. The molecule has 0 saturated carbocycles. The summed E-state index contributed by atoms with van der Waals surface area (Å²) in [5, 5.41) is 5.27. The first-order valence-electron chi connectivity index (χ1n) is 10.5. The van der Waals surface area contributed by atoms with Crippen LogP contribution in [0.5, 0.6) is 5.75 Å². The first kappa shape index (κ1) is 23.5. The second-order valence-electron chi connectivity index (χ2n) is 8.01. The average Bonchev–Trinajstić information content (AvgIpc) is 3.27. The smallest absolute Gasteiger partial charge is 0.358 e. The molecule has 0 bridgehead atoms. The Morgan fingerprint density at radius 1 is 1.00 bits per heavy atom. The summed E-state index contributed by atoms with van der Waals surface area (Å²) in [6.45, 7) is 7.95. The molecule has 0 aliphatic heterocycles. The highest BCUT2D eigenvalue weighted by Crippen LogP contribution is 2.32. The summed E-state index contributed by atoms with van der Waals surface area (Å²) in [5.41, 5.74) is 3.96. The Hall–Kier alpha value is -3.19. The normalized spacial score (nSPS) is 11.0. The van der Waals surface area contributed by atoms with Crippen molar-refractivity contribution in [2.45, 2.75) is 39.5 Å². The van der Waals surface area contributed by atoms with Crippen molar-refractivity contribution in [2.75, 3.05) is 19.0 Å². The van der Waals surface area contributed by atoms with Crippen molar-refractivity contribution < 1.29 is 19.1 Å². The maximum absolute atomic E-state index is 12.6. The molecule has 2 aromatic carbocycles. The van der Waals surface area contributed by atoms with Crippen molar-refractivity contribution >= 4 is 28.9 Å². The lowest BCUT2D eigenvalue weighted by molar-refractivity contribution is -0.119. The zero-order chi connectivity index (χ0) is 23.3. The Bertz CT molecular complexity index is 1060. The van der Waals surface area contributed by atoms with Gasteiger partial charge in [0.15, 0.2) is 12.3 Å². The SMILES string of the molecule is COc1ccc(-c2nc(C(=O)OCC(=O)Nc3c(C(C)C)cccc3C(C)C)cs2)cc1. The van der Waals surface area contributed by atoms with Crippen LogP contribution in [-0.4, -0.2) is 30.6 Å². The molecule has 1 heterocycles. The standard InChI is InChI=1S/C25H28N2O4S/c1-15(2)19-7-6-8-20(16(3)4)23(19)27-22(28)13-31-25(29)21-14-32-24(26-21)17-9-11-18(30-5)12-10-17/h6-12,14-16H,13H2,1-5H3,(H,27,28). The third-order valence-corrected chi connectivity index (χ3v) is 5.91. The van der Waals surface area contributed by atoms with Crippen LogP contribution >= 0.6 is 11.3 Å². The van der Waals surface area contributed by atoms with Crippen LogP contribution in [0.4, 0.5) is 5.69 Å². The Balaban J connectivity index is 1.65. The number of nitrogens with zero attached hydrogens (tertiary/aromatic N) is 1. The molecule has 32 heavy (non-hydrogen) atoms. The first-order chi connectivity index (χ1) is 15.3. The molecular formula is C25H28N2O4S. The van der Waals surface area contributed by atoms with Gasteiger partial charge in [-0.05, 0) is 47.2 Å². The summed E-state index contributed by atoms with van der Waals surface area (Å²) in [7, 11) is 1.60. The monoisotopic (exact) mass is 452 g/mol. The van der Waals surface area contributed by atoms with Crippen LogP contribution in [0, 0.1) is 0 Å². The number of thiazole rings is 1. The Kier molecular flexibility index (Phi) is 7.64. The fourth-order valence-electron chi connectivity index (χ4n) is 3.31. The van der Waals surface area contributed by atoms with E-state index in [4.69, 9.17) is 9.47 Å². The number of rotatable bonds is 8. The van der Waals surface area contributed by atoms with Crippen LogP contribution in [-0.2, 0) is 9.53 Å². The van der Waals surface area contributed by atoms with Gasteiger partial charge in [-0.25, -0.2) is 9.78 Å². The van der Waals surface area contributed by atoms with Gasteiger partial charge in [-0.2, -0.15) is 0 Å². The molecular weight excluding hydrogens is 424 g/mol. The van der Waals surface area contributed by atoms with E-state index in [1.165, 1.54) is 11.3 Å². The number of hydrogen-bond donors (Lipinski definition) is 1. The zero-order valence-electron chi connectivity index (χ0n) is 19.0. The van der Waals surface area contributed by atoms with E-state index in [9.17, 15) is 9.59 Å². The number of esters is 1. The van der Waals surface area contributed by atoms with E-state index in [1.807, 2.05) is 42.5 Å². The highest BCUT2D eigenvalue weighted by Gasteiger charge is 2.18. The summed E-state index contributed by atoms with van der Waals surface area (Å²) in [6, 6.07) is 13.4. The predicted molar refractivity (Wildman–Crippen MR) is 128 cm³/mol. The van der Waals surface area contributed by atoms with E-state index < -0.39 is 5.97 Å². The maximum atomic E-state index is 12.6. The molecule has 1 aromatic heterocycles. The second kappa shape index (κ2) is 10.4.